The third-order valence-electron chi connectivity index (χ3n) is 2.67. The molecule has 16 heavy (non-hydrogen) atoms. The second-order valence-corrected chi connectivity index (χ2v) is 5.16. The molecule has 0 aliphatic heterocycles. The van der Waals surface area contributed by atoms with Crippen molar-refractivity contribution in [3.8, 4) is 11.1 Å². The first-order valence-electron chi connectivity index (χ1n) is 5.11. The highest BCUT2D eigenvalue weighted by Crippen LogP contribution is 2.32. The first kappa shape index (κ1) is 11.7. The Kier molecular flexibility index (Phi) is 3.36. The molecular weight excluding hydrogens is 284 g/mol. The molecular formula is C14H12BrCl. The molecule has 0 aliphatic carbocycles. The van der Waals surface area contributed by atoms with Crippen LogP contribution < -0.4 is 0 Å². The smallest absolute Gasteiger partial charge is 0.0487 e. The molecule has 0 heterocycles. The first-order valence-corrected chi connectivity index (χ1v) is 6.28. The molecule has 82 valence electrons. The van der Waals surface area contributed by atoms with E-state index in [0.717, 1.165) is 15.1 Å². The second kappa shape index (κ2) is 4.60. The summed E-state index contributed by atoms with van der Waals surface area (Å²) in [7, 11) is 0. The number of hydrogen-bond donors (Lipinski definition) is 0. The normalized spacial score (nSPS) is 10.5. The Morgan fingerprint density at radius 3 is 2.38 bits per heavy atom. The van der Waals surface area contributed by atoms with E-state index in [1.165, 1.54) is 16.7 Å². The van der Waals surface area contributed by atoms with Crippen LogP contribution in [0.1, 0.15) is 11.1 Å². The van der Waals surface area contributed by atoms with Crippen molar-refractivity contribution in [2.45, 2.75) is 13.8 Å². The van der Waals surface area contributed by atoms with E-state index in [1.807, 2.05) is 12.1 Å². The molecule has 0 saturated carbocycles. The Hall–Kier alpha value is -0.790. The fraction of sp³-hybridized carbons (Fsp3) is 0.143. The average Bonchev–Trinajstić information content (AvgIpc) is 2.23. The lowest BCUT2D eigenvalue weighted by Crippen LogP contribution is -1.86. The maximum absolute atomic E-state index is 6.24. The van der Waals surface area contributed by atoms with Gasteiger partial charge in [-0.1, -0.05) is 51.8 Å². The van der Waals surface area contributed by atoms with Gasteiger partial charge in [-0.25, -0.2) is 0 Å². The molecule has 0 N–H and O–H groups in total. The predicted octanol–water partition coefficient (Wildman–Crippen LogP) is 5.39. The molecule has 2 aromatic carbocycles. The van der Waals surface area contributed by atoms with Crippen molar-refractivity contribution in [1.82, 2.24) is 0 Å². The molecule has 0 aromatic heterocycles. The molecule has 0 unspecified atom stereocenters. The van der Waals surface area contributed by atoms with Crippen LogP contribution in [-0.2, 0) is 0 Å². The average molecular weight is 296 g/mol. The van der Waals surface area contributed by atoms with E-state index in [0.29, 0.717) is 0 Å². The van der Waals surface area contributed by atoms with Gasteiger partial charge in [0.15, 0.2) is 0 Å². The van der Waals surface area contributed by atoms with Gasteiger partial charge in [0.1, 0.15) is 0 Å². The third-order valence-corrected chi connectivity index (χ3v) is 3.87. The minimum Gasteiger partial charge on any atom is -0.0837 e. The fourth-order valence-electron chi connectivity index (χ4n) is 1.80. The van der Waals surface area contributed by atoms with Crippen LogP contribution in [0.25, 0.3) is 11.1 Å². The van der Waals surface area contributed by atoms with Gasteiger partial charge in [0.2, 0.25) is 0 Å². The maximum atomic E-state index is 6.24. The summed E-state index contributed by atoms with van der Waals surface area (Å²) in [5, 5.41) is 0.807. The van der Waals surface area contributed by atoms with E-state index in [4.69, 9.17) is 11.6 Å². The van der Waals surface area contributed by atoms with E-state index in [-0.39, 0.29) is 0 Å². The molecule has 2 aromatic rings. The van der Waals surface area contributed by atoms with E-state index in [1.54, 1.807) is 0 Å². The van der Waals surface area contributed by atoms with Crippen LogP contribution in [0.15, 0.2) is 40.9 Å². The molecule has 0 atom stereocenters. The van der Waals surface area contributed by atoms with Crippen molar-refractivity contribution >= 4 is 27.5 Å². The van der Waals surface area contributed by atoms with Crippen molar-refractivity contribution in [3.63, 3.8) is 0 Å². The topological polar surface area (TPSA) is 0 Å². The SMILES string of the molecule is Cc1cc(-c2c(C)cccc2Cl)ccc1Br. The van der Waals surface area contributed by atoms with Crippen LogP contribution in [0.2, 0.25) is 5.02 Å². The Balaban J connectivity index is 2.63. The highest BCUT2D eigenvalue weighted by Gasteiger charge is 2.07. The molecule has 0 aliphatic rings. The molecule has 0 spiro atoms. The van der Waals surface area contributed by atoms with Crippen LogP contribution in [0, 0.1) is 13.8 Å². The van der Waals surface area contributed by atoms with Crippen molar-refractivity contribution in [2.75, 3.05) is 0 Å². The second-order valence-electron chi connectivity index (χ2n) is 3.90. The zero-order valence-electron chi connectivity index (χ0n) is 9.22. The minimum absolute atomic E-state index is 0.807. The number of hydrogen-bond acceptors (Lipinski definition) is 0. The van der Waals surface area contributed by atoms with Gasteiger partial charge in [0.25, 0.3) is 0 Å². The van der Waals surface area contributed by atoms with Crippen molar-refractivity contribution in [1.29, 1.82) is 0 Å². The standard InChI is InChI=1S/C14H12BrCl/c1-9-4-3-5-13(16)14(9)11-6-7-12(15)10(2)8-11/h3-8H,1-2H3. The van der Waals surface area contributed by atoms with Crippen LogP contribution in [-0.4, -0.2) is 0 Å². The highest BCUT2D eigenvalue weighted by atomic mass is 79.9. The zero-order chi connectivity index (χ0) is 11.7. The Bertz CT molecular complexity index is 512. The summed E-state index contributed by atoms with van der Waals surface area (Å²) in [6, 6.07) is 12.3. The summed E-state index contributed by atoms with van der Waals surface area (Å²) in [5.41, 5.74) is 4.72. The quantitative estimate of drug-likeness (QED) is 0.662. The Labute approximate surface area is 109 Å². The van der Waals surface area contributed by atoms with Gasteiger partial charge in [-0.2, -0.15) is 0 Å². The summed E-state index contributed by atoms with van der Waals surface area (Å²) >= 11 is 9.75. The monoisotopic (exact) mass is 294 g/mol. The summed E-state index contributed by atoms with van der Waals surface area (Å²) < 4.78 is 1.13. The highest BCUT2D eigenvalue weighted by molar-refractivity contribution is 9.10. The predicted molar refractivity (Wildman–Crippen MR) is 74.1 cm³/mol. The molecule has 0 bridgehead atoms. The van der Waals surface area contributed by atoms with Crippen molar-refractivity contribution in [3.05, 3.63) is 57.0 Å². The van der Waals surface area contributed by atoms with E-state index in [9.17, 15) is 0 Å². The molecule has 0 saturated heterocycles. The van der Waals surface area contributed by atoms with E-state index >= 15 is 0 Å². The minimum atomic E-state index is 0.807. The number of halogens is 2. The lowest BCUT2D eigenvalue weighted by Gasteiger charge is -2.09. The molecule has 0 radical (unpaired) electrons. The van der Waals surface area contributed by atoms with Gasteiger partial charge in [-0.05, 0) is 42.7 Å². The van der Waals surface area contributed by atoms with Gasteiger partial charge in [0, 0.05) is 15.1 Å². The zero-order valence-corrected chi connectivity index (χ0v) is 11.6. The van der Waals surface area contributed by atoms with Crippen molar-refractivity contribution in [2.24, 2.45) is 0 Å². The van der Waals surface area contributed by atoms with E-state index < -0.39 is 0 Å². The van der Waals surface area contributed by atoms with Crippen molar-refractivity contribution < 1.29 is 0 Å². The Morgan fingerprint density at radius 2 is 1.75 bits per heavy atom. The first-order chi connectivity index (χ1) is 7.59. The Morgan fingerprint density at radius 1 is 1.00 bits per heavy atom. The van der Waals surface area contributed by atoms with Crippen LogP contribution >= 0.6 is 27.5 Å². The molecule has 0 fully saturated rings. The largest absolute Gasteiger partial charge is 0.0837 e. The number of rotatable bonds is 1. The van der Waals surface area contributed by atoms with Gasteiger partial charge >= 0.3 is 0 Å². The molecule has 2 rings (SSSR count). The lowest BCUT2D eigenvalue weighted by molar-refractivity contribution is 1.40. The van der Waals surface area contributed by atoms with Crippen LogP contribution in [0.5, 0.6) is 0 Å². The van der Waals surface area contributed by atoms with Crippen LogP contribution in [0.3, 0.4) is 0 Å². The summed E-state index contributed by atoms with van der Waals surface area (Å²) in [4.78, 5) is 0. The van der Waals surface area contributed by atoms with Gasteiger partial charge < -0.3 is 0 Å². The molecule has 0 amide bonds. The lowest BCUT2D eigenvalue weighted by atomic mass is 9.99. The number of benzene rings is 2. The summed E-state index contributed by atoms with van der Waals surface area (Å²) in [6.45, 7) is 4.17. The maximum Gasteiger partial charge on any atom is 0.0487 e. The molecule has 0 nitrogen and oxygen atoms in total. The summed E-state index contributed by atoms with van der Waals surface area (Å²) in [6.07, 6.45) is 0. The van der Waals surface area contributed by atoms with Crippen LogP contribution in [0.4, 0.5) is 0 Å². The third kappa shape index (κ3) is 2.16. The fourth-order valence-corrected chi connectivity index (χ4v) is 2.38. The van der Waals surface area contributed by atoms with Gasteiger partial charge in [-0.15, -0.1) is 0 Å². The van der Waals surface area contributed by atoms with E-state index in [2.05, 4.69) is 54.0 Å². The summed E-state index contributed by atoms with van der Waals surface area (Å²) in [5.74, 6) is 0. The van der Waals surface area contributed by atoms with Gasteiger partial charge in [-0.3, -0.25) is 0 Å². The number of aryl methyl sites for hydroxylation is 2. The van der Waals surface area contributed by atoms with Gasteiger partial charge in [0.05, 0.1) is 0 Å². The molecule has 2 heteroatoms.